The Labute approximate surface area is 206 Å². The van der Waals surface area contributed by atoms with Crippen LogP contribution in [0.1, 0.15) is 19.4 Å². The molecule has 1 aliphatic rings. The average Bonchev–Trinajstić information content (AvgIpc) is 2.86. The maximum absolute atomic E-state index is 15.5. The van der Waals surface area contributed by atoms with Crippen molar-refractivity contribution in [2.24, 2.45) is 0 Å². The number of nitrogens with one attached hydrogen (secondary N) is 2. The van der Waals surface area contributed by atoms with E-state index in [4.69, 9.17) is 11.6 Å². The number of amides is 2. The van der Waals surface area contributed by atoms with Crippen LogP contribution in [0, 0.1) is 24.4 Å². The number of anilines is 4. The number of rotatable bonds is 6. The fourth-order valence-corrected chi connectivity index (χ4v) is 4.52. The van der Waals surface area contributed by atoms with Crippen molar-refractivity contribution < 1.29 is 18.0 Å². The third-order valence-corrected chi connectivity index (χ3v) is 5.93. The number of fused-ring (bicyclic) bond motifs is 3. The number of carbonyl (C=O) groups excluding carboxylic acids is 1. The first kappa shape index (κ1) is 24.8. The standard InChI is InChI=1S/C25H25ClF3N5O/c1-13(2)33-24-18(9-16(27)12-32-24)22-14(3)7-15(26)8-21(22)34(25(33)35)23-19(28)10-17(11-20(23)29)31-6-5-30-4/h7-13,30-31H,5-6H2,1-4H3. The van der Waals surface area contributed by atoms with Crippen LogP contribution >= 0.6 is 11.6 Å². The summed E-state index contributed by atoms with van der Waals surface area (Å²) in [6.07, 6.45) is 1.01. The molecule has 2 heterocycles. The smallest absolute Gasteiger partial charge is 0.335 e. The summed E-state index contributed by atoms with van der Waals surface area (Å²) in [6, 6.07) is 5.41. The van der Waals surface area contributed by atoms with Crippen LogP contribution in [-0.4, -0.2) is 37.2 Å². The van der Waals surface area contributed by atoms with Crippen LogP contribution in [0.4, 0.5) is 40.8 Å². The van der Waals surface area contributed by atoms with Crippen molar-refractivity contribution in [1.29, 1.82) is 0 Å². The van der Waals surface area contributed by atoms with Crippen LogP contribution in [0.3, 0.4) is 0 Å². The van der Waals surface area contributed by atoms with Gasteiger partial charge in [-0.05, 0) is 63.7 Å². The largest absolute Gasteiger partial charge is 0.384 e. The molecule has 0 saturated carbocycles. The molecule has 1 aromatic heterocycles. The van der Waals surface area contributed by atoms with Gasteiger partial charge in [0.1, 0.15) is 17.3 Å². The van der Waals surface area contributed by atoms with Gasteiger partial charge in [-0.3, -0.25) is 9.80 Å². The summed E-state index contributed by atoms with van der Waals surface area (Å²) in [7, 11) is 1.76. The Morgan fingerprint density at radius 2 is 1.74 bits per heavy atom. The van der Waals surface area contributed by atoms with Gasteiger partial charge >= 0.3 is 6.03 Å². The number of likely N-dealkylation sites (N-methyl/N-ethyl adjacent to an activating group) is 1. The van der Waals surface area contributed by atoms with Gasteiger partial charge in [0.15, 0.2) is 11.6 Å². The second kappa shape index (κ2) is 9.75. The third-order valence-electron chi connectivity index (χ3n) is 5.71. The lowest BCUT2D eigenvalue weighted by atomic mass is 9.98. The van der Waals surface area contributed by atoms with Crippen LogP contribution < -0.4 is 20.4 Å². The van der Waals surface area contributed by atoms with Crippen LogP contribution in [-0.2, 0) is 0 Å². The highest BCUT2D eigenvalue weighted by atomic mass is 35.5. The van der Waals surface area contributed by atoms with Gasteiger partial charge in [0.05, 0.1) is 11.9 Å². The number of pyridine rings is 1. The first-order valence-corrected chi connectivity index (χ1v) is 11.5. The molecular weight excluding hydrogens is 479 g/mol. The van der Waals surface area contributed by atoms with E-state index in [0.29, 0.717) is 29.8 Å². The van der Waals surface area contributed by atoms with Crippen molar-refractivity contribution in [3.05, 3.63) is 64.6 Å². The van der Waals surface area contributed by atoms with E-state index in [1.165, 1.54) is 17.0 Å². The third kappa shape index (κ3) is 4.53. The van der Waals surface area contributed by atoms with Crippen LogP contribution in [0.5, 0.6) is 0 Å². The molecule has 0 bridgehead atoms. The molecule has 1 aliphatic heterocycles. The fourth-order valence-electron chi connectivity index (χ4n) is 4.26. The molecular formula is C25H25ClF3N5O. The summed E-state index contributed by atoms with van der Waals surface area (Å²) in [4.78, 5) is 20.4. The van der Waals surface area contributed by atoms with Crippen molar-refractivity contribution in [3.63, 3.8) is 0 Å². The lowest BCUT2D eigenvalue weighted by Crippen LogP contribution is -2.45. The number of hydrogen-bond donors (Lipinski definition) is 2. The van der Waals surface area contributed by atoms with Crippen LogP contribution in [0.25, 0.3) is 11.1 Å². The van der Waals surface area contributed by atoms with Gasteiger partial charge in [-0.2, -0.15) is 0 Å². The monoisotopic (exact) mass is 503 g/mol. The van der Waals surface area contributed by atoms with E-state index in [2.05, 4.69) is 15.6 Å². The molecule has 2 aromatic carbocycles. The minimum absolute atomic E-state index is 0.130. The molecule has 2 N–H and O–H groups in total. The van der Waals surface area contributed by atoms with Gasteiger partial charge < -0.3 is 10.6 Å². The Hall–Kier alpha value is -3.30. The van der Waals surface area contributed by atoms with E-state index in [9.17, 15) is 9.18 Å². The van der Waals surface area contributed by atoms with Gasteiger partial charge in [0.25, 0.3) is 0 Å². The summed E-state index contributed by atoms with van der Waals surface area (Å²) in [5, 5.41) is 6.13. The molecule has 0 aliphatic carbocycles. The highest BCUT2D eigenvalue weighted by Gasteiger charge is 2.38. The summed E-state index contributed by atoms with van der Waals surface area (Å²) in [6.45, 7) is 6.24. The van der Waals surface area contributed by atoms with Gasteiger partial charge in [-0.1, -0.05) is 11.6 Å². The minimum atomic E-state index is -0.942. The number of aromatic nitrogens is 1. The zero-order valence-electron chi connectivity index (χ0n) is 19.7. The Bertz CT molecular complexity index is 1280. The maximum atomic E-state index is 15.5. The zero-order chi connectivity index (χ0) is 25.4. The number of carbonyl (C=O) groups is 1. The molecule has 2 amide bonds. The molecule has 6 nitrogen and oxygen atoms in total. The number of nitrogens with zero attached hydrogens (tertiary/aromatic N) is 3. The van der Waals surface area contributed by atoms with E-state index in [0.717, 1.165) is 23.2 Å². The summed E-state index contributed by atoms with van der Waals surface area (Å²) in [5.74, 6) is -2.31. The Balaban J connectivity index is 2.00. The van der Waals surface area contributed by atoms with E-state index < -0.39 is 35.2 Å². The van der Waals surface area contributed by atoms with E-state index in [1.807, 2.05) is 0 Å². The van der Waals surface area contributed by atoms with Crippen molar-refractivity contribution in [1.82, 2.24) is 10.3 Å². The molecule has 0 fully saturated rings. The molecule has 35 heavy (non-hydrogen) atoms. The molecule has 3 aromatic rings. The molecule has 0 saturated heterocycles. The molecule has 4 rings (SSSR count). The van der Waals surface area contributed by atoms with Crippen molar-refractivity contribution >= 4 is 40.5 Å². The van der Waals surface area contributed by atoms with Crippen molar-refractivity contribution in [2.45, 2.75) is 26.8 Å². The summed E-state index contributed by atoms with van der Waals surface area (Å²) in [5.41, 5.74) is 1.13. The normalized spacial score (nSPS) is 13.1. The minimum Gasteiger partial charge on any atom is -0.384 e. The van der Waals surface area contributed by atoms with E-state index in [1.54, 1.807) is 33.9 Å². The Kier molecular flexibility index (Phi) is 6.91. The van der Waals surface area contributed by atoms with Crippen LogP contribution in [0.15, 0.2) is 36.5 Å². The maximum Gasteiger partial charge on any atom is 0.335 e. The molecule has 10 heteroatoms. The fraction of sp³-hybridized carbons (Fsp3) is 0.280. The Morgan fingerprint density at radius 3 is 2.37 bits per heavy atom. The van der Waals surface area contributed by atoms with Crippen molar-refractivity contribution in [3.8, 4) is 11.1 Å². The highest BCUT2D eigenvalue weighted by molar-refractivity contribution is 6.31. The molecule has 0 spiro atoms. The van der Waals surface area contributed by atoms with Crippen LogP contribution in [0.2, 0.25) is 5.02 Å². The van der Waals surface area contributed by atoms with Gasteiger partial charge in [-0.25, -0.2) is 22.9 Å². The number of halogens is 4. The lowest BCUT2D eigenvalue weighted by Gasteiger charge is -2.31. The zero-order valence-corrected chi connectivity index (χ0v) is 20.5. The predicted octanol–water partition coefficient (Wildman–Crippen LogP) is 6.25. The second-order valence-corrected chi connectivity index (χ2v) is 8.98. The molecule has 0 radical (unpaired) electrons. The number of urea groups is 1. The SMILES string of the molecule is CNCCNc1cc(F)c(N2C(=O)N(C(C)C)c3ncc(F)cc3-c3c(C)cc(Cl)cc32)c(F)c1. The number of benzene rings is 2. The van der Waals surface area contributed by atoms with Gasteiger partial charge in [0.2, 0.25) is 0 Å². The number of hydrogen-bond acceptors (Lipinski definition) is 4. The quantitative estimate of drug-likeness (QED) is 0.391. The molecule has 0 atom stereocenters. The van der Waals surface area contributed by atoms with Crippen molar-refractivity contribution in [2.75, 3.05) is 35.3 Å². The summed E-state index contributed by atoms with van der Waals surface area (Å²) < 4.78 is 45.4. The Morgan fingerprint density at radius 1 is 1.06 bits per heavy atom. The molecule has 184 valence electrons. The highest BCUT2D eigenvalue weighted by Crippen LogP contribution is 2.47. The second-order valence-electron chi connectivity index (χ2n) is 8.54. The topological polar surface area (TPSA) is 60.5 Å². The number of aryl methyl sites for hydroxylation is 1. The lowest BCUT2D eigenvalue weighted by molar-refractivity contribution is 0.251. The first-order chi connectivity index (χ1) is 16.6. The predicted molar refractivity (Wildman–Crippen MR) is 133 cm³/mol. The first-order valence-electron chi connectivity index (χ1n) is 11.1. The molecule has 0 unspecified atom stereocenters. The van der Waals surface area contributed by atoms with E-state index >= 15 is 8.78 Å². The van der Waals surface area contributed by atoms with E-state index in [-0.39, 0.29) is 22.2 Å². The summed E-state index contributed by atoms with van der Waals surface area (Å²) >= 11 is 6.32. The van der Waals surface area contributed by atoms with Gasteiger partial charge in [0, 0.05) is 41.0 Å². The van der Waals surface area contributed by atoms with Gasteiger partial charge in [-0.15, -0.1) is 0 Å². The average molecular weight is 504 g/mol.